The van der Waals surface area contributed by atoms with Crippen LogP contribution in [0, 0.1) is 18.3 Å². The van der Waals surface area contributed by atoms with Gasteiger partial charge in [-0.25, -0.2) is 0 Å². The summed E-state index contributed by atoms with van der Waals surface area (Å²) in [5.41, 5.74) is 4.59. The van der Waals surface area contributed by atoms with Crippen molar-refractivity contribution >= 4 is 40.0 Å². The zero-order valence-electron chi connectivity index (χ0n) is 22.4. The zero-order chi connectivity index (χ0) is 28.6. The first kappa shape index (κ1) is 27.5. The lowest BCUT2D eigenvalue weighted by Crippen LogP contribution is -2.13. The van der Waals surface area contributed by atoms with Gasteiger partial charge in [-0.15, -0.1) is 0 Å². The molecule has 5 nitrogen and oxygen atoms in total. The molecule has 0 heterocycles. The van der Waals surface area contributed by atoms with Crippen LogP contribution in [-0.4, -0.2) is 5.91 Å². The van der Waals surface area contributed by atoms with Gasteiger partial charge in [0, 0.05) is 16.3 Å². The number of rotatable bonds is 9. The van der Waals surface area contributed by atoms with E-state index in [1.807, 2.05) is 66.7 Å². The van der Waals surface area contributed by atoms with Crippen molar-refractivity contribution in [2.24, 2.45) is 0 Å². The number of hydrogen-bond donors (Lipinski definition) is 1. The standard InChI is InChI=1S/C35H27ClN2O3/c1-24-6-11-27-4-2-3-5-33(27)34(24)23-41-31-16-9-25(10-17-31)20-28(21-37)35(39)38-30-14-18-32(19-15-30)40-22-26-7-12-29(36)13-8-26/h2-20H,22-23H2,1H3,(H,38,39)/b28-20+. The molecule has 6 heteroatoms. The fraction of sp³-hybridized carbons (Fsp3) is 0.0857. The van der Waals surface area contributed by atoms with Crippen LogP contribution in [-0.2, 0) is 18.0 Å². The quantitative estimate of drug-likeness (QED) is 0.145. The molecule has 0 atom stereocenters. The van der Waals surface area contributed by atoms with E-state index in [4.69, 9.17) is 21.1 Å². The van der Waals surface area contributed by atoms with E-state index in [9.17, 15) is 10.1 Å². The van der Waals surface area contributed by atoms with Crippen LogP contribution in [0.15, 0.2) is 115 Å². The van der Waals surface area contributed by atoms with E-state index in [2.05, 4.69) is 36.5 Å². The Hall–Kier alpha value is -5.05. The lowest BCUT2D eigenvalue weighted by atomic mass is 10.0. The first-order valence-corrected chi connectivity index (χ1v) is 13.5. The lowest BCUT2D eigenvalue weighted by Gasteiger charge is -2.12. The zero-order valence-corrected chi connectivity index (χ0v) is 23.2. The average Bonchev–Trinajstić information content (AvgIpc) is 3.00. The second-order valence-electron chi connectivity index (χ2n) is 9.50. The van der Waals surface area contributed by atoms with Crippen molar-refractivity contribution in [1.29, 1.82) is 5.26 Å². The predicted octanol–water partition coefficient (Wildman–Crippen LogP) is 8.51. The van der Waals surface area contributed by atoms with Crippen LogP contribution in [0.4, 0.5) is 5.69 Å². The maximum atomic E-state index is 12.8. The van der Waals surface area contributed by atoms with Gasteiger partial charge in [-0.2, -0.15) is 5.26 Å². The normalized spacial score (nSPS) is 11.1. The molecule has 1 amide bonds. The predicted molar refractivity (Wildman–Crippen MR) is 164 cm³/mol. The molecule has 0 fully saturated rings. The van der Waals surface area contributed by atoms with Crippen molar-refractivity contribution in [2.75, 3.05) is 5.32 Å². The van der Waals surface area contributed by atoms with Crippen LogP contribution in [0.3, 0.4) is 0 Å². The highest BCUT2D eigenvalue weighted by molar-refractivity contribution is 6.30. The molecule has 0 bridgehead atoms. The molecule has 0 unspecified atom stereocenters. The number of aryl methyl sites for hydroxylation is 1. The Bertz CT molecular complexity index is 1740. The minimum Gasteiger partial charge on any atom is -0.489 e. The van der Waals surface area contributed by atoms with Crippen molar-refractivity contribution in [3.8, 4) is 17.6 Å². The van der Waals surface area contributed by atoms with E-state index in [0.717, 1.165) is 16.7 Å². The van der Waals surface area contributed by atoms with Gasteiger partial charge in [0.1, 0.15) is 36.4 Å². The summed E-state index contributed by atoms with van der Waals surface area (Å²) in [6.45, 7) is 2.93. The van der Waals surface area contributed by atoms with E-state index in [1.54, 1.807) is 30.3 Å². The molecule has 41 heavy (non-hydrogen) atoms. The van der Waals surface area contributed by atoms with Crippen LogP contribution >= 0.6 is 11.6 Å². The minimum atomic E-state index is -0.492. The first-order chi connectivity index (χ1) is 20.0. The maximum absolute atomic E-state index is 12.8. The van der Waals surface area contributed by atoms with E-state index >= 15 is 0 Å². The number of nitriles is 1. The van der Waals surface area contributed by atoms with Crippen LogP contribution < -0.4 is 14.8 Å². The molecule has 5 rings (SSSR count). The van der Waals surface area contributed by atoms with Crippen LogP contribution in [0.25, 0.3) is 16.8 Å². The van der Waals surface area contributed by atoms with Crippen LogP contribution in [0.2, 0.25) is 5.02 Å². The van der Waals surface area contributed by atoms with Crippen molar-refractivity contribution < 1.29 is 14.3 Å². The number of nitrogens with zero attached hydrogens (tertiary/aromatic N) is 1. The number of amides is 1. The Balaban J connectivity index is 1.18. The number of carbonyl (C=O) groups excluding carboxylic acids is 1. The van der Waals surface area contributed by atoms with Gasteiger partial charge < -0.3 is 14.8 Å². The maximum Gasteiger partial charge on any atom is 0.266 e. The number of fused-ring (bicyclic) bond motifs is 1. The number of hydrogen-bond acceptors (Lipinski definition) is 4. The Morgan fingerprint density at radius 3 is 2.20 bits per heavy atom. The summed E-state index contributed by atoms with van der Waals surface area (Å²) in [5.74, 6) is 0.872. The lowest BCUT2D eigenvalue weighted by molar-refractivity contribution is -0.112. The number of ether oxygens (including phenoxy) is 2. The fourth-order valence-corrected chi connectivity index (χ4v) is 4.47. The van der Waals surface area contributed by atoms with Gasteiger partial charge in [0.25, 0.3) is 5.91 Å². The molecule has 0 saturated carbocycles. The highest BCUT2D eigenvalue weighted by Gasteiger charge is 2.11. The fourth-order valence-electron chi connectivity index (χ4n) is 4.35. The Labute approximate surface area is 244 Å². The van der Waals surface area contributed by atoms with Gasteiger partial charge in [-0.3, -0.25) is 4.79 Å². The van der Waals surface area contributed by atoms with Crippen molar-refractivity contribution in [2.45, 2.75) is 20.1 Å². The molecule has 202 valence electrons. The third-order valence-corrected chi connectivity index (χ3v) is 6.90. The van der Waals surface area contributed by atoms with Crippen molar-refractivity contribution in [3.05, 3.63) is 142 Å². The van der Waals surface area contributed by atoms with Crippen molar-refractivity contribution in [1.82, 2.24) is 0 Å². The molecule has 0 radical (unpaired) electrons. The third-order valence-electron chi connectivity index (χ3n) is 6.65. The second kappa shape index (κ2) is 12.9. The topological polar surface area (TPSA) is 71.3 Å². The van der Waals surface area contributed by atoms with Gasteiger partial charge in [0.2, 0.25) is 0 Å². The van der Waals surface area contributed by atoms with E-state index in [-0.39, 0.29) is 5.57 Å². The smallest absolute Gasteiger partial charge is 0.266 e. The highest BCUT2D eigenvalue weighted by Crippen LogP contribution is 2.25. The number of halogens is 1. The van der Waals surface area contributed by atoms with Gasteiger partial charge in [0.05, 0.1) is 0 Å². The summed E-state index contributed by atoms with van der Waals surface area (Å²) in [5, 5.41) is 15.4. The minimum absolute atomic E-state index is 0.00638. The molecule has 5 aromatic rings. The number of nitrogens with one attached hydrogen (secondary N) is 1. The molecule has 5 aromatic carbocycles. The second-order valence-corrected chi connectivity index (χ2v) is 9.94. The first-order valence-electron chi connectivity index (χ1n) is 13.1. The van der Waals surface area contributed by atoms with E-state index in [1.165, 1.54) is 16.3 Å². The van der Waals surface area contributed by atoms with Gasteiger partial charge in [-0.1, -0.05) is 72.3 Å². The average molecular weight is 559 g/mol. The third kappa shape index (κ3) is 7.13. The summed E-state index contributed by atoms with van der Waals surface area (Å²) in [6.07, 6.45) is 1.55. The molecular formula is C35H27ClN2O3. The summed E-state index contributed by atoms with van der Waals surface area (Å²) in [7, 11) is 0. The molecular weight excluding hydrogens is 532 g/mol. The summed E-state index contributed by atoms with van der Waals surface area (Å²) < 4.78 is 11.9. The van der Waals surface area contributed by atoms with E-state index < -0.39 is 5.91 Å². The SMILES string of the molecule is Cc1ccc2ccccc2c1COc1ccc(/C=C(\C#N)C(=O)Nc2ccc(OCc3ccc(Cl)cc3)cc2)cc1. The van der Waals surface area contributed by atoms with Gasteiger partial charge in [0.15, 0.2) is 0 Å². The number of anilines is 1. The Kier molecular flexibility index (Phi) is 8.64. The van der Waals surface area contributed by atoms with Gasteiger partial charge in [-0.05, 0) is 89.0 Å². The number of benzene rings is 5. The Morgan fingerprint density at radius 2 is 1.49 bits per heavy atom. The van der Waals surface area contributed by atoms with Crippen LogP contribution in [0.1, 0.15) is 22.3 Å². The van der Waals surface area contributed by atoms with Crippen molar-refractivity contribution in [3.63, 3.8) is 0 Å². The molecule has 0 saturated heterocycles. The molecule has 0 aliphatic carbocycles. The summed E-state index contributed by atoms with van der Waals surface area (Å²) in [6, 6.07) is 36.2. The number of carbonyl (C=O) groups is 1. The highest BCUT2D eigenvalue weighted by atomic mass is 35.5. The molecule has 0 aliphatic heterocycles. The Morgan fingerprint density at radius 1 is 0.829 bits per heavy atom. The van der Waals surface area contributed by atoms with E-state index in [0.29, 0.717) is 35.4 Å². The molecule has 0 spiro atoms. The van der Waals surface area contributed by atoms with Crippen LogP contribution in [0.5, 0.6) is 11.5 Å². The monoisotopic (exact) mass is 558 g/mol. The summed E-state index contributed by atoms with van der Waals surface area (Å²) >= 11 is 5.92. The summed E-state index contributed by atoms with van der Waals surface area (Å²) in [4.78, 5) is 12.8. The largest absolute Gasteiger partial charge is 0.489 e. The molecule has 1 N–H and O–H groups in total. The van der Waals surface area contributed by atoms with Gasteiger partial charge >= 0.3 is 0 Å². The molecule has 0 aliphatic rings. The molecule has 0 aromatic heterocycles.